The standard InChI is InChI=1S/C38H48ClN3O6S/c1-25-6-3-8-34(47-19-18-41-17-5-9-36(41)43)31-13-10-29(31)22-42-23-38(16-4-7-27-20-30(39)12-14-32(27)38)24-48-35-15-11-28(21-33(35)42)37(44)40-49(45,46)26(25)2/h3,8,11-12,14-15,20-21,25-26,29,31,34H,4-7,9-10,13,16-19,22-24H2,1-2H3,(H,40,44)/b8-3+/t25-,26+,29-,31+,34-,38-/m0/s1. The summed E-state index contributed by atoms with van der Waals surface area (Å²) in [6.07, 6.45) is 11.1. The molecule has 5 aliphatic rings. The number of nitrogens with one attached hydrogen (secondary N) is 1. The number of carbonyl (C=O) groups is 2. The van der Waals surface area contributed by atoms with Crippen molar-refractivity contribution in [3.63, 3.8) is 0 Å². The van der Waals surface area contributed by atoms with Gasteiger partial charge in [0.15, 0.2) is 0 Å². The van der Waals surface area contributed by atoms with Crippen LogP contribution in [0.2, 0.25) is 5.02 Å². The molecule has 3 aliphatic heterocycles. The summed E-state index contributed by atoms with van der Waals surface area (Å²) in [4.78, 5) is 30.1. The molecule has 2 aliphatic carbocycles. The number of carbonyl (C=O) groups excluding carboxylic acids is 2. The second-order valence-corrected chi connectivity index (χ2v) is 17.4. The van der Waals surface area contributed by atoms with Gasteiger partial charge in [0.1, 0.15) is 5.75 Å². The highest BCUT2D eigenvalue weighted by molar-refractivity contribution is 7.90. The van der Waals surface area contributed by atoms with E-state index in [-0.39, 0.29) is 34.8 Å². The SMILES string of the molecule is C[C@@H]1[C@@H](C)C/C=C/[C@H](OCCN2CCCC2=O)[C@@H]2CC[C@H]2CN2C[C@@]3(CCCc4cc(Cl)ccc43)COc3ccc(cc32)C(=O)NS1(=O)=O. The monoisotopic (exact) mass is 709 g/mol. The highest BCUT2D eigenvalue weighted by Gasteiger charge is 2.44. The van der Waals surface area contributed by atoms with Crippen LogP contribution in [0.1, 0.15) is 80.3 Å². The number of hydrogen-bond acceptors (Lipinski definition) is 7. The number of halogens is 1. The van der Waals surface area contributed by atoms with Crippen LogP contribution in [0.3, 0.4) is 0 Å². The summed E-state index contributed by atoms with van der Waals surface area (Å²) < 4.78 is 42.4. The normalized spacial score (nSPS) is 31.9. The summed E-state index contributed by atoms with van der Waals surface area (Å²) in [6.45, 7) is 7.33. The molecular weight excluding hydrogens is 662 g/mol. The molecule has 1 spiro atoms. The van der Waals surface area contributed by atoms with Gasteiger partial charge < -0.3 is 19.3 Å². The van der Waals surface area contributed by atoms with Crippen molar-refractivity contribution in [2.45, 2.75) is 82.0 Å². The fourth-order valence-corrected chi connectivity index (χ4v) is 10.0. The Kier molecular flexibility index (Phi) is 9.76. The van der Waals surface area contributed by atoms with Crippen LogP contribution in [0.25, 0.3) is 0 Å². The van der Waals surface area contributed by atoms with E-state index >= 15 is 0 Å². The number of anilines is 1. The number of amides is 2. The Balaban J connectivity index is 1.24. The summed E-state index contributed by atoms with van der Waals surface area (Å²) in [7, 11) is -3.95. The number of allylic oxidation sites excluding steroid dienone is 1. The Hall–Kier alpha value is -3.08. The van der Waals surface area contributed by atoms with Crippen LogP contribution in [-0.4, -0.2) is 75.9 Å². The Morgan fingerprint density at radius 3 is 2.71 bits per heavy atom. The van der Waals surface area contributed by atoms with Crippen LogP contribution in [0.5, 0.6) is 5.75 Å². The highest BCUT2D eigenvalue weighted by Crippen LogP contribution is 2.47. The molecule has 0 aromatic heterocycles. The van der Waals surface area contributed by atoms with Crippen LogP contribution >= 0.6 is 11.6 Å². The molecule has 49 heavy (non-hydrogen) atoms. The first-order valence-corrected chi connectivity index (χ1v) is 19.9. The van der Waals surface area contributed by atoms with E-state index in [1.165, 1.54) is 11.1 Å². The predicted molar refractivity (Wildman–Crippen MR) is 191 cm³/mol. The van der Waals surface area contributed by atoms with Crippen molar-refractivity contribution in [2.24, 2.45) is 17.8 Å². The van der Waals surface area contributed by atoms with Gasteiger partial charge in [0.2, 0.25) is 15.9 Å². The molecule has 2 aromatic rings. The van der Waals surface area contributed by atoms with Gasteiger partial charge in [-0.05, 0) is 111 Å². The molecule has 264 valence electrons. The van der Waals surface area contributed by atoms with Crippen LogP contribution < -0.4 is 14.4 Å². The van der Waals surface area contributed by atoms with Crippen molar-refractivity contribution in [2.75, 3.05) is 44.3 Å². The summed E-state index contributed by atoms with van der Waals surface area (Å²) in [5.41, 5.74) is 3.35. The first-order valence-electron chi connectivity index (χ1n) is 18.0. The molecule has 2 bridgehead atoms. The molecule has 3 heterocycles. The molecule has 1 saturated heterocycles. The number of sulfonamides is 1. The maximum Gasteiger partial charge on any atom is 0.264 e. The second-order valence-electron chi connectivity index (χ2n) is 14.9. The van der Waals surface area contributed by atoms with E-state index in [9.17, 15) is 18.0 Å². The molecule has 2 amide bonds. The molecule has 0 radical (unpaired) electrons. The van der Waals surface area contributed by atoms with E-state index in [0.29, 0.717) is 50.8 Å². The molecule has 1 saturated carbocycles. The number of ether oxygens (including phenoxy) is 2. The number of hydrogen-bond donors (Lipinski definition) is 1. The number of fused-ring (bicyclic) bond motifs is 4. The summed E-state index contributed by atoms with van der Waals surface area (Å²) >= 11 is 6.45. The van der Waals surface area contributed by atoms with Crippen LogP contribution in [0.15, 0.2) is 48.6 Å². The minimum atomic E-state index is -3.95. The molecular formula is C38H48ClN3O6S. The van der Waals surface area contributed by atoms with Crippen molar-refractivity contribution in [3.05, 3.63) is 70.3 Å². The van der Waals surface area contributed by atoms with Gasteiger partial charge in [-0.25, -0.2) is 13.1 Å². The molecule has 2 fully saturated rings. The van der Waals surface area contributed by atoms with E-state index in [1.807, 2.05) is 30.0 Å². The zero-order chi connectivity index (χ0) is 34.3. The quantitative estimate of drug-likeness (QED) is 0.395. The van der Waals surface area contributed by atoms with Gasteiger partial charge in [0.25, 0.3) is 5.91 Å². The van der Waals surface area contributed by atoms with Crippen molar-refractivity contribution in [1.29, 1.82) is 0 Å². The lowest BCUT2D eigenvalue weighted by molar-refractivity contribution is -0.128. The number of nitrogens with zero attached hydrogens (tertiary/aromatic N) is 2. The molecule has 0 unspecified atom stereocenters. The molecule has 2 aromatic carbocycles. The Morgan fingerprint density at radius 1 is 1.08 bits per heavy atom. The van der Waals surface area contributed by atoms with Gasteiger partial charge in [-0.1, -0.05) is 36.7 Å². The number of likely N-dealkylation sites (tertiary alicyclic amines) is 1. The van der Waals surface area contributed by atoms with Gasteiger partial charge in [-0.3, -0.25) is 9.59 Å². The smallest absolute Gasteiger partial charge is 0.264 e. The van der Waals surface area contributed by atoms with Crippen LogP contribution in [-0.2, 0) is 31.4 Å². The van der Waals surface area contributed by atoms with Gasteiger partial charge in [-0.15, -0.1) is 0 Å². The summed E-state index contributed by atoms with van der Waals surface area (Å²) in [5.74, 6) is 0.627. The van der Waals surface area contributed by atoms with Crippen molar-refractivity contribution in [3.8, 4) is 5.75 Å². The third-order valence-corrected chi connectivity index (χ3v) is 14.0. The van der Waals surface area contributed by atoms with Gasteiger partial charge in [-0.2, -0.15) is 0 Å². The lowest BCUT2D eigenvalue weighted by Gasteiger charge is -2.46. The lowest BCUT2D eigenvalue weighted by atomic mass is 9.68. The van der Waals surface area contributed by atoms with Crippen molar-refractivity contribution >= 4 is 39.1 Å². The molecule has 6 atom stereocenters. The fraction of sp³-hybridized carbons (Fsp3) is 0.579. The zero-order valence-electron chi connectivity index (χ0n) is 28.5. The zero-order valence-corrected chi connectivity index (χ0v) is 30.1. The van der Waals surface area contributed by atoms with Gasteiger partial charge in [0.05, 0.1) is 30.3 Å². The first-order chi connectivity index (χ1) is 23.5. The summed E-state index contributed by atoms with van der Waals surface area (Å²) in [6, 6.07) is 11.5. The number of rotatable bonds is 4. The molecule has 7 rings (SSSR count). The Bertz CT molecular complexity index is 1730. The Morgan fingerprint density at radius 2 is 1.94 bits per heavy atom. The van der Waals surface area contributed by atoms with E-state index in [4.69, 9.17) is 21.1 Å². The molecule has 1 N–H and O–H groups in total. The number of aryl methyl sites for hydroxylation is 1. The minimum Gasteiger partial charge on any atom is -0.490 e. The average Bonchev–Trinajstić information content (AvgIpc) is 3.40. The lowest BCUT2D eigenvalue weighted by Crippen LogP contribution is -2.50. The number of benzene rings is 2. The van der Waals surface area contributed by atoms with E-state index in [1.54, 1.807) is 19.1 Å². The van der Waals surface area contributed by atoms with E-state index < -0.39 is 21.2 Å². The van der Waals surface area contributed by atoms with Crippen LogP contribution in [0, 0.1) is 17.8 Å². The van der Waals surface area contributed by atoms with Crippen LogP contribution in [0.4, 0.5) is 5.69 Å². The maximum absolute atomic E-state index is 13.5. The van der Waals surface area contributed by atoms with Gasteiger partial charge >= 0.3 is 0 Å². The molecule has 9 nitrogen and oxygen atoms in total. The second kappa shape index (κ2) is 13.9. The Labute approximate surface area is 295 Å². The topological polar surface area (TPSA) is 105 Å². The van der Waals surface area contributed by atoms with Crippen molar-refractivity contribution in [1.82, 2.24) is 9.62 Å². The average molecular weight is 710 g/mol. The highest BCUT2D eigenvalue weighted by atomic mass is 35.5. The summed E-state index contributed by atoms with van der Waals surface area (Å²) in [5, 5.41) is -0.0511. The van der Waals surface area contributed by atoms with E-state index in [0.717, 1.165) is 62.3 Å². The fourth-order valence-electron chi connectivity index (χ4n) is 8.56. The van der Waals surface area contributed by atoms with E-state index in [2.05, 4.69) is 27.8 Å². The predicted octanol–water partition coefficient (Wildman–Crippen LogP) is 5.89. The minimum absolute atomic E-state index is 0.149. The molecule has 11 heteroatoms. The van der Waals surface area contributed by atoms with Crippen molar-refractivity contribution < 1.29 is 27.5 Å². The first kappa shape index (κ1) is 34.4. The largest absolute Gasteiger partial charge is 0.490 e. The maximum atomic E-state index is 13.5. The third kappa shape index (κ3) is 6.97. The van der Waals surface area contributed by atoms with Gasteiger partial charge in [0, 0.05) is 48.6 Å². The third-order valence-electron chi connectivity index (χ3n) is 11.9.